The van der Waals surface area contributed by atoms with Gasteiger partial charge < -0.3 is 19.8 Å². The number of aldehydes is 1. The Kier molecular flexibility index (Phi) is 6.45. The summed E-state index contributed by atoms with van der Waals surface area (Å²) in [4.78, 5) is 13.5. The fourth-order valence-electron chi connectivity index (χ4n) is 3.57. The molecule has 1 heterocycles. The number of hydrogen-bond acceptors (Lipinski definition) is 4. The van der Waals surface area contributed by atoms with E-state index < -0.39 is 0 Å². The van der Waals surface area contributed by atoms with Gasteiger partial charge in [-0.3, -0.25) is 0 Å². The maximum absolute atomic E-state index is 13.7. The zero-order valence-electron chi connectivity index (χ0n) is 16.5. The molecule has 4 nitrogen and oxygen atoms in total. The molecule has 1 aliphatic rings. The van der Waals surface area contributed by atoms with Gasteiger partial charge in [-0.1, -0.05) is 13.0 Å². The molecule has 0 spiro atoms. The van der Waals surface area contributed by atoms with Crippen LogP contribution in [-0.4, -0.2) is 24.6 Å². The number of nitrogens with zero attached hydrogens (tertiary/aromatic N) is 1. The van der Waals surface area contributed by atoms with Crippen LogP contribution in [0.25, 0.3) is 0 Å². The third-order valence-electron chi connectivity index (χ3n) is 5.14. The Morgan fingerprint density at radius 1 is 1.36 bits per heavy atom. The maximum Gasteiger partial charge on any atom is 0.142 e. The number of fused-ring (bicyclic) bond motifs is 1. The number of benzene rings is 2. The second-order valence-corrected chi connectivity index (χ2v) is 7.62. The van der Waals surface area contributed by atoms with E-state index in [1.54, 1.807) is 6.07 Å². The molecule has 5 heteroatoms. The molecule has 2 aromatic rings. The molecular formula is C23H27FN2O2. The van der Waals surface area contributed by atoms with Gasteiger partial charge in [-0.15, -0.1) is 0 Å². The molecule has 2 unspecified atom stereocenters. The molecule has 0 fully saturated rings. The molecule has 0 aliphatic carbocycles. The van der Waals surface area contributed by atoms with Crippen LogP contribution < -0.4 is 9.64 Å². The van der Waals surface area contributed by atoms with Crippen molar-refractivity contribution in [2.45, 2.75) is 45.6 Å². The van der Waals surface area contributed by atoms with Crippen LogP contribution in [0.1, 0.15) is 38.7 Å². The van der Waals surface area contributed by atoms with E-state index in [1.165, 1.54) is 12.1 Å². The van der Waals surface area contributed by atoms with Crippen molar-refractivity contribution in [3.05, 3.63) is 53.8 Å². The quantitative estimate of drug-likeness (QED) is 0.497. The topological polar surface area (TPSA) is 53.4 Å². The molecule has 3 rings (SSSR count). The second-order valence-electron chi connectivity index (χ2n) is 7.62. The molecule has 1 N–H and O–H groups in total. The Bertz CT molecular complexity index is 852. The summed E-state index contributed by atoms with van der Waals surface area (Å²) in [5.41, 5.74) is 3.40. The molecule has 2 aromatic carbocycles. The standard InChI is InChI=1S/C23H27FN2O2/c1-16(6-7-17(2)25)15-28-22-10-11-23-18(12-22)8-9-21(14-27)26(23)20-5-3-4-19(24)13-20/h3-5,10-14,16,21,25H,6-9,15H2,1-2H3. The zero-order chi connectivity index (χ0) is 20.1. The van der Waals surface area contributed by atoms with Crippen LogP contribution in [0.5, 0.6) is 5.75 Å². The van der Waals surface area contributed by atoms with Crippen molar-refractivity contribution >= 4 is 23.4 Å². The van der Waals surface area contributed by atoms with E-state index in [2.05, 4.69) is 6.92 Å². The van der Waals surface area contributed by atoms with Gasteiger partial charge in [0, 0.05) is 17.1 Å². The van der Waals surface area contributed by atoms with Crippen LogP contribution in [0, 0.1) is 17.1 Å². The lowest BCUT2D eigenvalue weighted by Gasteiger charge is -2.36. The summed E-state index contributed by atoms with van der Waals surface area (Å²) < 4.78 is 19.7. The number of aryl methyl sites for hydroxylation is 1. The van der Waals surface area contributed by atoms with Crippen molar-refractivity contribution in [3.8, 4) is 5.75 Å². The molecule has 0 radical (unpaired) electrons. The fourth-order valence-corrected chi connectivity index (χ4v) is 3.57. The van der Waals surface area contributed by atoms with E-state index in [1.807, 2.05) is 36.1 Å². The summed E-state index contributed by atoms with van der Waals surface area (Å²) in [5.74, 6) is 0.865. The van der Waals surface area contributed by atoms with E-state index in [0.717, 1.165) is 42.5 Å². The Hall–Kier alpha value is -2.69. The second kappa shape index (κ2) is 9.00. The van der Waals surface area contributed by atoms with E-state index in [4.69, 9.17) is 10.1 Å². The number of rotatable bonds is 8. The third-order valence-corrected chi connectivity index (χ3v) is 5.14. The Balaban J connectivity index is 1.77. The van der Waals surface area contributed by atoms with Gasteiger partial charge in [0.15, 0.2) is 0 Å². The lowest BCUT2D eigenvalue weighted by molar-refractivity contribution is -0.109. The minimum Gasteiger partial charge on any atom is -0.493 e. The first-order chi connectivity index (χ1) is 13.5. The first kappa shape index (κ1) is 20.1. The molecule has 0 saturated heterocycles. The van der Waals surface area contributed by atoms with Crippen molar-refractivity contribution in [1.82, 2.24) is 0 Å². The average Bonchev–Trinajstić information content (AvgIpc) is 2.69. The lowest BCUT2D eigenvalue weighted by atomic mass is 9.95. The number of anilines is 2. The highest BCUT2D eigenvalue weighted by Gasteiger charge is 2.27. The smallest absolute Gasteiger partial charge is 0.142 e. The molecule has 0 bridgehead atoms. The lowest BCUT2D eigenvalue weighted by Crippen LogP contribution is -2.36. The Morgan fingerprint density at radius 2 is 2.18 bits per heavy atom. The summed E-state index contributed by atoms with van der Waals surface area (Å²) in [6, 6.07) is 11.9. The largest absolute Gasteiger partial charge is 0.493 e. The van der Waals surface area contributed by atoms with Crippen molar-refractivity contribution < 1.29 is 13.9 Å². The summed E-state index contributed by atoms with van der Waals surface area (Å²) in [6.45, 7) is 4.56. The summed E-state index contributed by atoms with van der Waals surface area (Å²) in [6.07, 6.45) is 4.14. The predicted molar refractivity (Wildman–Crippen MR) is 110 cm³/mol. The van der Waals surface area contributed by atoms with E-state index in [-0.39, 0.29) is 11.9 Å². The van der Waals surface area contributed by atoms with E-state index in [0.29, 0.717) is 30.3 Å². The summed E-state index contributed by atoms with van der Waals surface area (Å²) in [7, 11) is 0. The monoisotopic (exact) mass is 382 g/mol. The van der Waals surface area contributed by atoms with Gasteiger partial charge in [0.25, 0.3) is 0 Å². The minimum absolute atomic E-state index is 0.301. The van der Waals surface area contributed by atoms with Gasteiger partial charge in [0.05, 0.1) is 12.6 Å². The van der Waals surface area contributed by atoms with Crippen LogP contribution >= 0.6 is 0 Å². The minimum atomic E-state index is -0.316. The van der Waals surface area contributed by atoms with Crippen molar-refractivity contribution in [2.24, 2.45) is 5.92 Å². The predicted octanol–water partition coefficient (Wildman–Crippen LogP) is 5.31. The van der Waals surface area contributed by atoms with Crippen molar-refractivity contribution in [3.63, 3.8) is 0 Å². The first-order valence-electron chi connectivity index (χ1n) is 9.77. The zero-order valence-corrected chi connectivity index (χ0v) is 16.5. The van der Waals surface area contributed by atoms with Gasteiger partial charge in [-0.25, -0.2) is 4.39 Å². The molecule has 0 amide bonds. The number of carbonyl (C=O) groups is 1. The SMILES string of the molecule is CC(=N)CCC(C)COc1ccc2c(c1)CCC(C=O)N2c1cccc(F)c1. The first-order valence-corrected chi connectivity index (χ1v) is 9.77. The van der Waals surface area contributed by atoms with Crippen molar-refractivity contribution in [2.75, 3.05) is 11.5 Å². The molecule has 1 aliphatic heterocycles. The van der Waals surface area contributed by atoms with Crippen LogP contribution in [0.15, 0.2) is 42.5 Å². The molecular weight excluding hydrogens is 355 g/mol. The number of nitrogens with one attached hydrogen (secondary N) is 1. The number of halogens is 1. The van der Waals surface area contributed by atoms with Gasteiger partial charge in [0.1, 0.15) is 17.9 Å². The van der Waals surface area contributed by atoms with Crippen LogP contribution in [0.4, 0.5) is 15.8 Å². The number of carbonyl (C=O) groups excluding carboxylic acids is 1. The molecule has 2 atom stereocenters. The number of hydrogen-bond donors (Lipinski definition) is 1. The molecule has 0 aromatic heterocycles. The summed E-state index contributed by atoms with van der Waals surface area (Å²) in [5, 5.41) is 7.53. The summed E-state index contributed by atoms with van der Waals surface area (Å²) >= 11 is 0. The van der Waals surface area contributed by atoms with E-state index >= 15 is 0 Å². The van der Waals surface area contributed by atoms with E-state index in [9.17, 15) is 9.18 Å². The van der Waals surface area contributed by atoms with Crippen LogP contribution in [-0.2, 0) is 11.2 Å². The van der Waals surface area contributed by atoms with Crippen LogP contribution in [0.2, 0.25) is 0 Å². The highest BCUT2D eigenvalue weighted by molar-refractivity contribution is 5.79. The highest BCUT2D eigenvalue weighted by Crippen LogP contribution is 2.38. The molecule has 0 saturated carbocycles. The normalized spacial score (nSPS) is 17.0. The fraction of sp³-hybridized carbons (Fsp3) is 0.391. The van der Waals surface area contributed by atoms with Gasteiger partial charge in [-0.05, 0) is 80.5 Å². The average molecular weight is 382 g/mol. The van der Waals surface area contributed by atoms with Gasteiger partial charge in [-0.2, -0.15) is 0 Å². The molecule has 148 valence electrons. The molecule has 28 heavy (non-hydrogen) atoms. The third kappa shape index (κ3) is 4.77. The van der Waals surface area contributed by atoms with Gasteiger partial charge in [0.2, 0.25) is 0 Å². The maximum atomic E-state index is 13.7. The number of ether oxygens (including phenoxy) is 1. The van der Waals surface area contributed by atoms with Gasteiger partial charge >= 0.3 is 0 Å². The van der Waals surface area contributed by atoms with Crippen LogP contribution in [0.3, 0.4) is 0 Å². The Morgan fingerprint density at radius 3 is 2.89 bits per heavy atom. The van der Waals surface area contributed by atoms with Crippen molar-refractivity contribution in [1.29, 1.82) is 5.41 Å². The Labute approximate surface area is 165 Å². The highest BCUT2D eigenvalue weighted by atomic mass is 19.1.